The Hall–Kier alpha value is -1.86. The zero-order valence-electron chi connectivity index (χ0n) is 11.1. The van der Waals surface area contributed by atoms with Crippen LogP contribution in [0.1, 0.15) is 23.5 Å². The minimum absolute atomic E-state index is 0.0374. The van der Waals surface area contributed by atoms with Gasteiger partial charge in [0.1, 0.15) is 0 Å². The van der Waals surface area contributed by atoms with Gasteiger partial charge in [0.05, 0.1) is 25.2 Å². The van der Waals surface area contributed by atoms with Gasteiger partial charge < -0.3 is 9.64 Å². The van der Waals surface area contributed by atoms with E-state index >= 15 is 0 Å². The van der Waals surface area contributed by atoms with Crippen LogP contribution in [0.5, 0.6) is 0 Å². The molecule has 0 bridgehead atoms. The summed E-state index contributed by atoms with van der Waals surface area (Å²) in [6.45, 7) is 4.45. The molecule has 1 heterocycles. The summed E-state index contributed by atoms with van der Waals surface area (Å²) in [4.78, 5) is 13.9. The van der Waals surface area contributed by atoms with Crippen LogP contribution in [0.25, 0.3) is 0 Å². The molecule has 0 aromatic heterocycles. The van der Waals surface area contributed by atoms with E-state index < -0.39 is 0 Å². The highest BCUT2D eigenvalue weighted by Gasteiger charge is 2.21. The summed E-state index contributed by atoms with van der Waals surface area (Å²) in [6.07, 6.45) is 0.250. The third-order valence-corrected chi connectivity index (χ3v) is 3.38. The molecular weight excluding hydrogens is 240 g/mol. The van der Waals surface area contributed by atoms with Gasteiger partial charge >= 0.3 is 0 Å². The molecule has 0 saturated carbocycles. The van der Waals surface area contributed by atoms with Crippen LogP contribution < -0.4 is 0 Å². The zero-order valence-corrected chi connectivity index (χ0v) is 11.1. The van der Waals surface area contributed by atoms with Crippen molar-refractivity contribution in [1.29, 1.82) is 5.26 Å². The van der Waals surface area contributed by atoms with Gasteiger partial charge in [-0.15, -0.1) is 0 Å². The van der Waals surface area contributed by atoms with Crippen LogP contribution in [-0.4, -0.2) is 37.1 Å². The first kappa shape index (κ1) is 13.6. The number of nitrogens with zero attached hydrogens (tertiary/aromatic N) is 2. The first-order chi connectivity index (χ1) is 9.20. The van der Waals surface area contributed by atoms with Crippen molar-refractivity contribution < 1.29 is 9.53 Å². The summed E-state index contributed by atoms with van der Waals surface area (Å²) in [5.74, 6) is -0.327. The molecular formula is C15H18N2O2. The van der Waals surface area contributed by atoms with Crippen molar-refractivity contribution in [3.63, 3.8) is 0 Å². The van der Waals surface area contributed by atoms with Gasteiger partial charge in [-0.25, -0.2) is 0 Å². The molecule has 0 spiro atoms. The molecule has 1 aliphatic rings. The van der Waals surface area contributed by atoms with Crippen molar-refractivity contribution in [2.75, 3.05) is 26.3 Å². The molecule has 4 nitrogen and oxygen atoms in total. The first-order valence-corrected chi connectivity index (χ1v) is 6.52. The third kappa shape index (κ3) is 3.55. The Balaban J connectivity index is 2.00. The number of benzene rings is 1. The fourth-order valence-corrected chi connectivity index (χ4v) is 2.15. The lowest BCUT2D eigenvalue weighted by Gasteiger charge is -2.27. The quantitative estimate of drug-likeness (QED) is 0.831. The topological polar surface area (TPSA) is 53.3 Å². The predicted molar refractivity (Wildman–Crippen MR) is 71.5 cm³/mol. The van der Waals surface area contributed by atoms with E-state index in [2.05, 4.69) is 6.07 Å². The standard InChI is InChI=1S/C15H18N2O2/c1-12-2-4-13(5-3-12)14(11-16)10-15(18)17-6-8-19-9-7-17/h2-5,14H,6-10H2,1H3. The highest BCUT2D eigenvalue weighted by Crippen LogP contribution is 2.20. The maximum atomic E-state index is 12.1. The molecule has 100 valence electrons. The van der Waals surface area contributed by atoms with Gasteiger partial charge in [-0.3, -0.25) is 4.79 Å². The van der Waals surface area contributed by atoms with Crippen LogP contribution in [0.15, 0.2) is 24.3 Å². The smallest absolute Gasteiger partial charge is 0.224 e. The monoisotopic (exact) mass is 258 g/mol. The number of nitriles is 1. The number of hydrogen-bond acceptors (Lipinski definition) is 3. The number of carbonyl (C=O) groups is 1. The van der Waals surface area contributed by atoms with E-state index in [0.717, 1.165) is 11.1 Å². The van der Waals surface area contributed by atoms with Crippen molar-refractivity contribution in [3.05, 3.63) is 35.4 Å². The molecule has 1 fully saturated rings. The van der Waals surface area contributed by atoms with Gasteiger partial charge in [0.25, 0.3) is 0 Å². The molecule has 1 aliphatic heterocycles. The van der Waals surface area contributed by atoms with Gasteiger partial charge in [0.2, 0.25) is 5.91 Å². The Morgan fingerprint density at radius 2 is 2.00 bits per heavy atom. The van der Waals surface area contributed by atoms with Gasteiger partial charge in [-0.2, -0.15) is 5.26 Å². The van der Waals surface area contributed by atoms with E-state index in [1.807, 2.05) is 31.2 Å². The molecule has 1 unspecified atom stereocenters. The number of morpholine rings is 1. The highest BCUT2D eigenvalue weighted by molar-refractivity contribution is 5.77. The van der Waals surface area contributed by atoms with Crippen molar-refractivity contribution in [3.8, 4) is 6.07 Å². The maximum absolute atomic E-state index is 12.1. The molecule has 4 heteroatoms. The molecule has 1 aromatic carbocycles. The van der Waals surface area contributed by atoms with Crippen LogP contribution in [0, 0.1) is 18.3 Å². The van der Waals surface area contributed by atoms with E-state index in [-0.39, 0.29) is 18.2 Å². The first-order valence-electron chi connectivity index (χ1n) is 6.52. The third-order valence-electron chi connectivity index (χ3n) is 3.38. The van der Waals surface area contributed by atoms with Crippen LogP contribution in [0.2, 0.25) is 0 Å². The summed E-state index contributed by atoms with van der Waals surface area (Å²) >= 11 is 0. The molecule has 1 saturated heterocycles. The Bertz CT molecular complexity index is 470. The molecule has 2 rings (SSSR count). The minimum atomic E-state index is -0.365. The van der Waals surface area contributed by atoms with Gasteiger partial charge in [-0.1, -0.05) is 29.8 Å². The van der Waals surface area contributed by atoms with E-state index in [9.17, 15) is 10.1 Å². The maximum Gasteiger partial charge on any atom is 0.224 e. The Morgan fingerprint density at radius 1 is 1.37 bits per heavy atom. The number of rotatable bonds is 3. The molecule has 1 amide bonds. The van der Waals surface area contributed by atoms with Crippen molar-refractivity contribution in [2.45, 2.75) is 19.3 Å². The molecule has 1 atom stereocenters. The molecule has 0 N–H and O–H groups in total. The number of ether oxygens (including phenoxy) is 1. The van der Waals surface area contributed by atoms with Gasteiger partial charge in [-0.05, 0) is 12.5 Å². The number of hydrogen-bond donors (Lipinski definition) is 0. The SMILES string of the molecule is Cc1ccc(C(C#N)CC(=O)N2CCOCC2)cc1. The highest BCUT2D eigenvalue weighted by atomic mass is 16.5. The largest absolute Gasteiger partial charge is 0.378 e. The second-order valence-electron chi connectivity index (χ2n) is 4.79. The van der Waals surface area contributed by atoms with Crippen LogP contribution >= 0.6 is 0 Å². The van der Waals surface area contributed by atoms with Crippen LogP contribution in [-0.2, 0) is 9.53 Å². The zero-order chi connectivity index (χ0) is 13.7. The predicted octanol–water partition coefficient (Wildman–Crippen LogP) is 1.85. The van der Waals surface area contributed by atoms with Crippen LogP contribution in [0.4, 0.5) is 0 Å². The second kappa shape index (κ2) is 6.35. The van der Waals surface area contributed by atoms with Gasteiger partial charge in [0, 0.05) is 19.5 Å². The van der Waals surface area contributed by atoms with Crippen molar-refractivity contribution >= 4 is 5.91 Å². The summed E-state index contributed by atoms with van der Waals surface area (Å²) in [7, 11) is 0. The number of carbonyl (C=O) groups excluding carboxylic acids is 1. The van der Waals surface area contributed by atoms with E-state index in [4.69, 9.17) is 4.74 Å². The minimum Gasteiger partial charge on any atom is -0.378 e. The molecule has 0 radical (unpaired) electrons. The number of aryl methyl sites for hydroxylation is 1. The lowest BCUT2D eigenvalue weighted by atomic mass is 9.96. The average molecular weight is 258 g/mol. The normalized spacial score (nSPS) is 16.7. The Kier molecular flexibility index (Phi) is 4.53. The number of amides is 1. The van der Waals surface area contributed by atoms with E-state index in [1.165, 1.54) is 0 Å². The van der Waals surface area contributed by atoms with Crippen molar-refractivity contribution in [1.82, 2.24) is 4.90 Å². The molecule has 19 heavy (non-hydrogen) atoms. The van der Waals surface area contributed by atoms with E-state index in [1.54, 1.807) is 4.90 Å². The Morgan fingerprint density at radius 3 is 2.58 bits per heavy atom. The fraction of sp³-hybridized carbons (Fsp3) is 0.467. The molecule has 1 aromatic rings. The summed E-state index contributed by atoms with van der Waals surface area (Å²) in [5.41, 5.74) is 2.06. The Labute approximate surface area is 113 Å². The van der Waals surface area contributed by atoms with Gasteiger partial charge in [0.15, 0.2) is 0 Å². The summed E-state index contributed by atoms with van der Waals surface area (Å²) in [6, 6.07) is 10.0. The lowest BCUT2D eigenvalue weighted by molar-refractivity contribution is -0.135. The van der Waals surface area contributed by atoms with Crippen LogP contribution in [0.3, 0.4) is 0 Å². The van der Waals surface area contributed by atoms with Crippen molar-refractivity contribution in [2.24, 2.45) is 0 Å². The summed E-state index contributed by atoms with van der Waals surface area (Å²) < 4.78 is 5.22. The molecule has 0 aliphatic carbocycles. The average Bonchev–Trinajstić information content (AvgIpc) is 2.46. The second-order valence-corrected chi connectivity index (χ2v) is 4.79. The van der Waals surface area contributed by atoms with E-state index in [0.29, 0.717) is 26.3 Å². The summed E-state index contributed by atoms with van der Waals surface area (Å²) in [5, 5.41) is 9.25. The lowest BCUT2D eigenvalue weighted by Crippen LogP contribution is -2.41. The fourth-order valence-electron chi connectivity index (χ4n) is 2.15.